The minimum Gasteiger partial charge on any atom is -0.315 e. The van der Waals surface area contributed by atoms with Crippen LogP contribution in [0.4, 0.5) is 0 Å². The Labute approximate surface area is 108 Å². The largest absolute Gasteiger partial charge is 0.315 e. The lowest BCUT2D eigenvalue weighted by Gasteiger charge is -2.25. The van der Waals surface area contributed by atoms with Crippen molar-refractivity contribution < 1.29 is 0 Å². The minimum absolute atomic E-state index is 0.783. The lowest BCUT2D eigenvalue weighted by atomic mass is 9.85. The average Bonchev–Trinajstić information content (AvgIpc) is 2.74. The monoisotopic (exact) mass is 240 g/mol. The van der Waals surface area contributed by atoms with Crippen LogP contribution in [0.25, 0.3) is 0 Å². The first-order valence-electron chi connectivity index (χ1n) is 7.55. The van der Waals surface area contributed by atoms with Crippen molar-refractivity contribution in [2.24, 2.45) is 17.8 Å². The van der Waals surface area contributed by atoms with Gasteiger partial charge in [-0.1, -0.05) is 40.5 Å². The van der Waals surface area contributed by atoms with E-state index in [0.29, 0.717) is 0 Å². The normalized spacial score (nSPS) is 17.8. The second-order valence-corrected chi connectivity index (χ2v) is 6.29. The molecule has 0 aromatic carbocycles. The zero-order valence-electron chi connectivity index (χ0n) is 12.3. The van der Waals surface area contributed by atoms with Gasteiger partial charge in [0.25, 0.3) is 0 Å². The Hall–Kier alpha value is -0.0800. The molecule has 17 heavy (non-hydrogen) atoms. The highest BCUT2D eigenvalue weighted by molar-refractivity contribution is 4.74. The maximum Gasteiger partial charge on any atom is 0.00793 e. The molecule has 0 atom stereocenters. The van der Waals surface area contributed by atoms with Crippen molar-refractivity contribution in [2.75, 3.05) is 19.6 Å². The van der Waals surface area contributed by atoms with E-state index in [-0.39, 0.29) is 0 Å². The van der Waals surface area contributed by atoms with Crippen LogP contribution < -0.4 is 10.6 Å². The van der Waals surface area contributed by atoms with Crippen LogP contribution in [0.1, 0.15) is 53.4 Å². The van der Waals surface area contributed by atoms with E-state index in [9.17, 15) is 0 Å². The molecule has 2 nitrogen and oxygen atoms in total. The molecule has 1 aliphatic carbocycles. The fraction of sp³-hybridized carbons (Fsp3) is 1.00. The summed E-state index contributed by atoms with van der Waals surface area (Å²) in [6, 6.07) is 0.808. The lowest BCUT2D eigenvalue weighted by Crippen LogP contribution is -2.37. The third-order valence-electron chi connectivity index (χ3n) is 4.18. The van der Waals surface area contributed by atoms with Gasteiger partial charge < -0.3 is 10.6 Å². The van der Waals surface area contributed by atoms with Crippen LogP contribution in [0.15, 0.2) is 0 Å². The van der Waals surface area contributed by atoms with E-state index in [2.05, 4.69) is 38.3 Å². The van der Waals surface area contributed by atoms with Crippen LogP contribution in [0, 0.1) is 17.8 Å². The number of hydrogen-bond donors (Lipinski definition) is 2. The van der Waals surface area contributed by atoms with Crippen molar-refractivity contribution in [1.29, 1.82) is 0 Å². The van der Waals surface area contributed by atoms with Crippen LogP contribution in [-0.2, 0) is 0 Å². The second-order valence-electron chi connectivity index (χ2n) is 6.29. The van der Waals surface area contributed by atoms with Crippen molar-refractivity contribution in [3.8, 4) is 0 Å². The smallest absolute Gasteiger partial charge is 0.00793 e. The predicted molar refractivity (Wildman–Crippen MR) is 76.3 cm³/mol. The van der Waals surface area contributed by atoms with Gasteiger partial charge in [0.1, 0.15) is 0 Å². The van der Waals surface area contributed by atoms with E-state index < -0.39 is 0 Å². The van der Waals surface area contributed by atoms with E-state index in [4.69, 9.17) is 0 Å². The highest BCUT2D eigenvalue weighted by Crippen LogP contribution is 2.19. The fourth-order valence-electron chi connectivity index (χ4n) is 3.00. The second kappa shape index (κ2) is 8.10. The molecule has 0 heterocycles. The standard InChI is InChI=1S/C15H32N2/c1-12(2)15(13(3)4)11-16-9-10-17-14-7-5-6-8-14/h12-17H,5-11H2,1-4H3. The SMILES string of the molecule is CC(C)C(CNCCNC1CCCC1)C(C)C. The van der Waals surface area contributed by atoms with Gasteiger partial charge in [-0.05, 0) is 37.1 Å². The summed E-state index contributed by atoms with van der Waals surface area (Å²) in [4.78, 5) is 0. The summed E-state index contributed by atoms with van der Waals surface area (Å²) in [5, 5.41) is 7.26. The molecule has 0 aromatic heterocycles. The van der Waals surface area contributed by atoms with Gasteiger partial charge in [0, 0.05) is 19.1 Å². The molecule has 2 heteroatoms. The molecule has 0 aliphatic heterocycles. The molecule has 0 amide bonds. The molecule has 102 valence electrons. The van der Waals surface area contributed by atoms with Crippen LogP contribution in [0.3, 0.4) is 0 Å². The molecule has 1 fully saturated rings. The van der Waals surface area contributed by atoms with E-state index in [0.717, 1.165) is 36.9 Å². The summed E-state index contributed by atoms with van der Waals surface area (Å²) in [6.07, 6.45) is 5.63. The Balaban J connectivity index is 2.01. The minimum atomic E-state index is 0.783. The van der Waals surface area contributed by atoms with Crippen LogP contribution >= 0.6 is 0 Å². The first kappa shape index (κ1) is 15.0. The Kier molecular flexibility index (Phi) is 7.14. The highest BCUT2D eigenvalue weighted by Gasteiger charge is 2.17. The molecule has 1 rings (SSSR count). The van der Waals surface area contributed by atoms with E-state index in [1.165, 1.54) is 32.2 Å². The molecule has 0 unspecified atom stereocenters. The van der Waals surface area contributed by atoms with Gasteiger partial charge in [-0.2, -0.15) is 0 Å². The summed E-state index contributed by atoms with van der Waals surface area (Å²) < 4.78 is 0. The van der Waals surface area contributed by atoms with E-state index in [1.807, 2.05) is 0 Å². The summed E-state index contributed by atoms with van der Waals surface area (Å²) in [7, 11) is 0. The van der Waals surface area contributed by atoms with Crippen molar-refractivity contribution in [3.63, 3.8) is 0 Å². The van der Waals surface area contributed by atoms with Crippen LogP contribution in [0.5, 0.6) is 0 Å². The maximum atomic E-state index is 3.65. The third-order valence-corrected chi connectivity index (χ3v) is 4.18. The maximum absolute atomic E-state index is 3.65. The summed E-state index contributed by atoms with van der Waals surface area (Å²) >= 11 is 0. The fourth-order valence-corrected chi connectivity index (χ4v) is 3.00. The van der Waals surface area contributed by atoms with Gasteiger partial charge >= 0.3 is 0 Å². The number of hydrogen-bond acceptors (Lipinski definition) is 2. The summed E-state index contributed by atoms with van der Waals surface area (Å²) in [5.74, 6) is 2.37. The Morgan fingerprint density at radius 3 is 2.06 bits per heavy atom. The molecule has 0 radical (unpaired) electrons. The third kappa shape index (κ3) is 5.87. The summed E-state index contributed by atoms with van der Waals surface area (Å²) in [5.41, 5.74) is 0. The molecule has 2 N–H and O–H groups in total. The van der Waals surface area contributed by atoms with Crippen molar-refractivity contribution in [1.82, 2.24) is 10.6 Å². The Morgan fingerprint density at radius 1 is 0.941 bits per heavy atom. The molecule has 0 spiro atoms. The number of rotatable bonds is 8. The van der Waals surface area contributed by atoms with Crippen molar-refractivity contribution in [2.45, 2.75) is 59.4 Å². The van der Waals surface area contributed by atoms with Crippen LogP contribution in [0.2, 0.25) is 0 Å². The molecule has 0 aromatic rings. The van der Waals surface area contributed by atoms with Gasteiger partial charge in [-0.25, -0.2) is 0 Å². The molecule has 1 saturated carbocycles. The Morgan fingerprint density at radius 2 is 1.53 bits per heavy atom. The molecule has 0 saturated heterocycles. The van der Waals surface area contributed by atoms with Gasteiger partial charge in [0.15, 0.2) is 0 Å². The quantitative estimate of drug-likeness (QED) is 0.637. The first-order valence-corrected chi connectivity index (χ1v) is 7.55. The van der Waals surface area contributed by atoms with Gasteiger partial charge in [-0.3, -0.25) is 0 Å². The lowest BCUT2D eigenvalue weighted by molar-refractivity contribution is 0.276. The zero-order valence-corrected chi connectivity index (χ0v) is 12.3. The molecular weight excluding hydrogens is 208 g/mol. The van der Waals surface area contributed by atoms with Gasteiger partial charge in [0.2, 0.25) is 0 Å². The van der Waals surface area contributed by atoms with Crippen molar-refractivity contribution >= 4 is 0 Å². The Bertz CT molecular complexity index is 175. The molecule has 0 bridgehead atoms. The van der Waals surface area contributed by atoms with E-state index >= 15 is 0 Å². The number of nitrogens with one attached hydrogen (secondary N) is 2. The van der Waals surface area contributed by atoms with Crippen LogP contribution in [-0.4, -0.2) is 25.7 Å². The summed E-state index contributed by atoms with van der Waals surface area (Å²) in [6.45, 7) is 12.8. The average molecular weight is 240 g/mol. The predicted octanol–water partition coefficient (Wildman–Crippen LogP) is 3.04. The zero-order chi connectivity index (χ0) is 12.7. The van der Waals surface area contributed by atoms with Gasteiger partial charge in [0.05, 0.1) is 0 Å². The molecule has 1 aliphatic rings. The first-order chi connectivity index (χ1) is 8.11. The topological polar surface area (TPSA) is 24.1 Å². The van der Waals surface area contributed by atoms with Crippen molar-refractivity contribution in [3.05, 3.63) is 0 Å². The van der Waals surface area contributed by atoms with Gasteiger partial charge in [-0.15, -0.1) is 0 Å². The highest BCUT2D eigenvalue weighted by atomic mass is 15.0. The van der Waals surface area contributed by atoms with E-state index in [1.54, 1.807) is 0 Å². The molecular formula is C15H32N2.